The minimum Gasteiger partial charge on any atom is -0.303 e. The monoisotopic (exact) mass is 362 g/mol. The fourth-order valence-electron chi connectivity index (χ4n) is 3.36. The zero-order valence-electron chi connectivity index (χ0n) is 14.9. The summed E-state index contributed by atoms with van der Waals surface area (Å²) in [5, 5.41) is 4.76. The maximum Gasteiger partial charge on any atom is 0.199 e. The molecule has 0 radical (unpaired) electrons. The Bertz CT molecular complexity index is 970. The first-order chi connectivity index (χ1) is 12.7. The van der Waals surface area contributed by atoms with Crippen LogP contribution in [0.4, 0.5) is 0 Å². The molecule has 0 aliphatic carbocycles. The molecule has 4 rings (SSSR count). The molecule has 1 aromatic heterocycles. The fourth-order valence-corrected chi connectivity index (χ4v) is 3.55. The molecule has 0 atom stereocenters. The molecule has 0 amide bonds. The maximum atomic E-state index is 5.60. The van der Waals surface area contributed by atoms with Gasteiger partial charge in [-0.1, -0.05) is 66.7 Å². The van der Waals surface area contributed by atoms with Crippen LogP contribution in [0.2, 0.25) is 0 Å². The van der Waals surface area contributed by atoms with Gasteiger partial charge in [-0.3, -0.25) is 4.90 Å². The highest BCUT2D eigenvalue weighted by atomic mass is 32.1. The molecule has 0 fully saturated rings. The van der Waals surface area contributed by atoms with E-state index in [0.717, 1.165) is 42.3 Å². The van der Waals surface area contributed by atoms with Crippen molar-refractivity contribution in [1.29, 1.82) is 0 Å². The van der Waals surface area contributed by atoms with E-state index >= 15 is 0 Å². The Balaban J connectivity index is 1.51. The normalized spacial score (nSPS) is 15.0. The van der Waals surface area contributed by atoms with Gasteiger partial charge in [0.05, 0.1) is 6.67 Å². The first kappa shape index (κ1) is 16.9. The molecule has 132 valence electrons. The van der Waals surface area contributed by atoms with Crippen molar-refractivity contribution in [3.63, 3.8) is 0 Å². The second-order valence-electron chi connectivity index (χ2n) is 6.59. The summed E-state index contributed by atoms with van der Waals surface area (Å²) in [6.07, 6.45) is 3.37. The van der Waals surface area contributed by atoms with Gasteiger partial charge in [0, 0.05) is 25.7 Å². The second kappa shape index (κ2) is 7.40. The summed E-state index contributed by atoms with van der Waals surface area (Å²) in [5.41, 5.74) is 3.84. The molecule has 5 heteroatoms. The minimum atomic E-state index is 0.720. The van der Waals surface area contributed by atoms with Crippen molar-refractivity contribution in [3.8, 4) is 11.4 Å². The average molecular weight is 363 g/mol. The molecule has 2 heterocycles. The van der Waals surface area contributed by atoms with Crippen molar-refractivity contribution in [1.82, 2.24) is 19.2 Å². The molecule has 0 bridgehead atoms. The maximum absolute atomic E-state index is 5.60. The van der Waals surface area contributed by atoms with Crippen LogP contribution in [0.3, 0.4) is 0 Å². The number of rotatable bonds is 4. The van der Waals surface area contributed by atoms with Crippen LogP contribution in [-0.2, 0) is 13.7 Å². The van der Waals surface area contributed by atoms with Crippen molar-refractivity contribution in [2.24, 2.45) is 7.05 Å². The first-order valence-electron chi connectivity index (χ1n) is 8.88. The zero-order chi connectivity index (χ0) is 17.9. The van der Waals surface area contributed by atoms with E-state index in [1.165, 1.54) is 11.1 Å². The van der Waals surface area contributed by atoms with Crippen molar-refractivity contribution >= 4 is 17.8 Å². The van der Waals surface area contributed by atoms with E-state index in [-0.39, 0.29) is 0 Å². The van der Waals surface area contributed by atoms with Gasteiger partial charge in [0.25, 0.3) is 0 Å². The number of hydrogen-bond donors (Lipinski definition) is 0. The fraction of sp³-hybridized carbons (Fsp3) is 0.238. The standard InChI is InChI=1S/C21H22N4S/c1-23-20(19-10-6-3-7-11-19)22-25(21(23)26)16-24-14-12-18(13-15-24)17-8-4-2-5-9-17/h2-12H,13-16H2,1H3. The molecule has 26 heavy (non-hydrogen) atoms. The quantitative estimate of drug-likeness (QED) is 0.645. The molecule has 0 saturated carbocycles. The largest absolute Gasteiger partial charge is 0.303 e. The third-order valence-corrected chi connectivity index (χ3v) is 5.33. The van der Waals surface area contributed by atoms with Crippen LogP contribution < -0.4 is 0 Å². The SMILES string of the molecule is Cn1c(-c2ccccc2)nn(CN2CC=C(c3ccccc3)CC2)c1=S. The van der Waals surface area contributed by atoms with E-state index in [1.54, 1.807) is 0 Å². The molecule has 1 aliphatic heterocycles. The van der Waals surface area contributed by atoms with E-state index in [1.807, 2.05) is 34.5 Å². The predicted molar refractivity (Wildman–Crippen MR) is 108 cm³/mol. The summed E-state index contributed by atoms with van der Waals surface area (Å²) in [7, 11) is 1.98. The van der Waals surface area contributed by atoms with Gasteiger partial charge in [0.15, 0.2) is 10.6 Å². The number of aromatic nitrogens is 3. The predicted octanol–water partition coefficient (Wildman–Crippen LogP) is 4.36. The van der Waals surface area contributed by atoms with Gasteiger partial charge in [-0.25, -0.2) is 4.68 Å². The Labute approximate surface area is 159 Å². The van der Waals surface area contributed by atoms with Crippen LogP contribution in [0, 0.1) is 4.77 Å². The lowest BCUT2D eigenvalue weighted by Gasteiger charge is -2.26. The number of hydrogen-bond acceptors (Lipinski definition) is 3. The van der Waals surface area contributed by atoms with Crippen molar-refractivity contribution in [3.05, 3.63) is 77.1 Å². The molecule has 1 aliphatic rings. The van der Waals surface area contributed by atoms with Crippen LogP contribution in [-0.4, -0.2) is 32.3 Å². The van der Waals surface area contributed by atoms with Gasteiger partial charge < -0.3 is 4.57 Å². The van der Waals surface area contributed by atoms with Crippen LogP contribution in [0.15, 0.2) is 66.7 Å². The van der Waals surface area contributed by atoms with Crippen LogP contribution in [0.5, 0.6) is 0 Å². The van der Waals surface area contributed by atoms with Gasteiger partial charge in [0.1, 0.15) is 0 Å². The molecular weight excluding hydrogens is 340 g/mol. The summed E-state index contributed by atoms with van der Waals surface area (Å²) in [5.74, 6) is 0.910. The molecule has 0 unspecified atom stereocenters. The third-order valence-electron chi connectivity index (χ3n) is 4.84. The Morgan fingerprint density at radius 2 is 1.62 bits per heavy atom. The second-order valence-corrected chi connectivity index (χ2v) is 6.96. The van der Waals surface area contributed by atoms with E-state index in [2.05, 4.69) is 53.4 Å². The molecule has 0 N–H and O–H groups in total. The minimum absolute atomic E-state index is 0.720. The van der Waals surface area contributed by atoms with Gasteiger partial charge in [-0.05, 0) is 29.8 Å². The topological polar surface area (TPSA) is 26.0 Å². The molecule has 4 nitrogen and oxygen atoms in total. The molecule has 0 spiro atoms. The summed E-state index contributed by atoms with van der Waals surface area (Å²) < 4.78 is 4.67. The van der Waals surface area contributed by atoms with E-state index in [4.69, 9.17) is 17.3 Å². The molecule has 2 aromatic carbocycles. The van der Waals surface area contributed by atoms with Crippen LogP contribution >= 0.6 is 12.2 Å². The highest BCUT2D eigenvalue weighted by Gasteiger charge is 2.16. The van der Waals surface area contributed by atoms with Gasteiger partial charge in [0.2, 0.25) is 0 Å². The Kier molecular flexibility index (Phi) is 4.82. The van der Waals surface area contributed by atoms with Gasteiger partial charge in [-0.15, -0.1) is 0 Å². The summed E-state index contributed by atoms with van der Waals surface area (Å²) >= 11 is 5.60. The lowest BCUT2D eigenvalue weighted by Crippen LogP contribution is -2.31. The van der Waals surface area contributed by atoms with E-state index in [0.29, 0.717) is 0 Å². The van der Waals surface area contributed by atoms with Gasteiger partial charge in [-0.2, -0.15) is 5.10 Å². The molecule has 0 saturated heterocycles. The van der Waals surface area contributed by atoms with Crippen LogP contribution in [0.25, 0.3) is 17.0 Å². The molecule has 3 aromatic rings. The smallest absolute Gasteiger partial charge is 0.199 e. The summed E-state index contributed by atoms with van der Waals surface area (Å²) in [6.45, 7) is 2.65. The van der Waals surface area contributed by atoms with Crippen molar-refractivity contribution in [2.45, 2.75) is 13.1 Å². The Hall–Kier alpha value is -2.50. The first-order valence-corrected chi connectivity index (χ1v) is 9.29. The summed E-state index contributed by atoms with van der Waals surface area (Å²) in [4.78, 5) is 2.38. The average Bonchev–Trinajstić information content (AvgIpc) is 2.98. The van der Waals surface area contributed by atoms with Gasteiger partial charge >= 0.3 is 0 Å². The van der Waals surface area contributed by atoms with E-state index in [9.17, 15) is 0 Å². The van der Waals surface area contributed by atoms with Crippen molar-refractivity contribution < 1.29 is 0 Å². The van der Waals surface area contributed by atoms with Crippen LogP contribution in [0.1, 0.15) is 12.0 Å². The molecular formula is C21H22N4S. The zero-order valence-corrected chi connectivity index (χ0v) is 15.7. The lowest BCUT2D eigenvalue weighted by atomic mass is 10.00. The highest BCUT2D eigenvalue weighted by Crippen LogP contribution is 2.23. The highest BCUT2D eigenvalue weighted by molar-refractivity contribution is 7.71. The number of benzene rings is 2. The summed E-state index contributed by atoms with van der Waals surface area (Å²) in [6, 6.07) is 20.8. The Morgan fingerprint density at radius 3 is 2.23 bits per heavy atom. The van der Waals surface area contributed by atoms with Crippen molar-refractivity contribution in [2.75, 3.05) is 13.1 Å². The number of nitrogens with zero attached hydrogens (tertiary/aromatic N) is 4. The van der Waals surface area contributed by atoms with E-state index < -0.39 is 0 Å². The Morgan fingerprint density at radius 1 is 0.962 bits per heavy atom. The lowest BCUT2D eigenvalue weighted by molar-refractivity contribution is 0.226. The third kappa shape index (κ3) is 3.41.